The number of hydrogen-bond acceptors (Lipinski definition) is 3. The minimum absolute atomic E-state index is 0.222. The SMILES string of the molecule is CCc1ccc2c(c1)C(O)(CN)CC(C)(C)O2. The van der Waals surface area contributed by atoms with Crippen molar-refractivity contribution in [2.24, 2.45) is 5.73 Å². The molecule has 1 aliphatic heterocycles. The monoisotopic (exact) mass is 235 g/mol. The number of rotatable bonds is 2. The second kappa shape index (κ2) is 4.00. The summed E-state index contributed by atoms with van der Waals surface area (Å²) < 4.78 is 5.90. The van der Waals surface area contributed by atoms with E-state index in [0.29, 0.717) is 6.42 Å². The number of aliphatic hydroxyl groups is 1. The topological polar surface area (TPSA) is 55.5 Å². The van der Waals surface area contributed by atoms with Crippen LogP contribution in [0, 0.1) is 0 Å². The Morgan fingerprint density at radius 2 is 2.12 bits per heavy atom. The van der Waals surface area contributed by atoms with E-state index in [9.17, 15) is 5.11 Å². The fourth-order valence-corrected chi connectivity index (χ4v) is 2.57. The summed E-state index contributed by atoms with van der Waals surface area (Å²) >= 11 is 0. The molecular formula is C14H21NO2. The quantitative estimate of drug-likeness (QED) is 0.824. The molecule has 0 aliphatic carbocycles. The van der Waals surface area contributed by atoms with Crippen LogP contribution < -0.4 is 10.5 Å². The summed E-state index contributed by atoms with van der Waals surface area (Å²) in [5, 5.41) is 10.7. The lowest BCUT2D eigenvalue weighted by molar-refractivity contribution is -0.0578. The van der Waals surface area contributed by atoms with Crippen molar-refractivity contribution in [3.8, 4) is 5.75 Å². The molecule has 94 valence electrons. The van der Waals surface area contributed by atoms with E-state index in [-0.39, 0.29) is 12.1 Å². The number of fused-ring (bicyclic) bond motifs is 1. The Kier molecular flexibility index (Phi) is 2.92. The molecule has 0 saturated carbocycles. The predicted octanol–water partition coefficient (Wildman–Crippen LogP) is 1.96. The molecule has 1 atom stereocenters. The third-order valence-electron chi connectivity index (χ3n) is 3.40. The van der Waals surface area contributed by atoms with Gasteiger partial charge in [0.05, 0.1) is 0 Å². The largest absolute Gasteiger partial charge is 0.487 e. The lowest BCUT2D eigenvalue weighted by Crippen LogP contribution is -2.48. The van der Waals surface area contributed by atoms with Gasteiger partial charge in [-0.15, -0.1) is 0 Å². The molecule has 2 rings (SSSR count). The highest BCUT2D eigenvalue weighted by Gasteiger charge is 2.43. The van der Waals surface area contributed by atoms with Gasteiger partial charge in [-0.3, -0.25) is 0 Å². The molecule has 3 N–H and O–H groups in total. The van der Waals surface area contributed by atoms with Crippen molar-refractivity contribution >= 4 is 0 Å². The van der Waals surface area contributed by atoms with Gasteiger partial charge in [0, 0.05) is 18.5 Å². The first-order valence-corrected chi connectivity index (χ1v) is 6.15. The van der Waals surface area contributed by atoms with Crippen LogP contribution in [0.25, 0.3) is 0 Å². The smallest absolute Gasteiger partial charge is 0.126 e. The van der Waals surface area contributed by atoms with Gasteiger partial charge < -0.3 is 15.6 Å². The Morgan fingerprint density at radius 3 is 2.71 bits per heavy atom. The van der Waals surface area contributed by atoms with Crippen molar-refractivity contribution in [1.82, 2.24) is 0 Å². The summed E-state index contributed by atoms with van der Waals surface area (Å²) in [6, 6.07) is 5.99. The van der Waals surface area contributed by atoms with Crippen molar-refractivity contribution in [3.05, 3.63) is 29.3 Å². The van der Waals surface area contributed by atoms with Crippen LogP contribution in [0.1, 0.15) is 38.3 Å². The minimum Gasteiger partial charge on any atom is -0.487 e. The second-order valence-corrected chi connectivity index (χ2v) is 5.46. The zero-order chi connectivity index (χ0) is 12.7. The molecule has 1 aliphatic rings. The maximum absolute atomic E-state index is 10.7. The molecule has 3 heteroatoms. The second-order valence-electron chi connectivity index (χ2n) is 5.46. The first-order chi connectivity index (χ1) is 7.90. The molecule has 0 fully saturated rings. The Hall–Kier alpha value is -1.06. The third kappa shape index (κ3) is 2.17. The van der Waals surface area contributed by atoms with Gasteiger partial charge >= 0.3 is 0 Å². The van der Waals surface area contributed by atoms with Gasteiger partial charge in [-0.25, -0.2) is 0 Å². The van der Waals surface area contributed by atoms with Crippen LogP contribution in [0.2, 0.25) is 0 Å². The van der Waals surface area contributed by atoms with Gasteiger partial charge in [0.2, 0.25) is 0 Å². The number of hydrogen-bond donors (Lipinski definition) is 2. The Morgan fingerprint density at radius 1 is 1.41 bits per heavy atom. The molecule has 1 aromatic carbocycles. The Balaban J connectivity index is 2.53. The van der Waals surface area contributed by atoms with Crippen LogP contribution in [0.15, 0.2) is 18.2 Å². The zero-order valence-corrected chi connectivity index (χ0v) is 10.8. The van der Waals surface area contributed by atoms with Crippen molar-refractivity contribution in [2.45, 2.75) is 44.8 Å². The highest BCUT2D eigenvalue weighted by atomic mass is 16.5. The number of aryl methyl sites for hydroxylation is 1. The molecule has 1 unspecified atom stereocenters. The number of ether oxygens (including phenoxy) is 1. The molecule has 0 saturated heterocycles. The Labute approximate surface area is 103 Å². The highest BCUT2D eigenvalue weighted by Crippen LogP contribution is 2.43. The molecule has 0 amide bonds. The predicted molar refractivity (Wildman–Crippen MR) is 68.1 cm³/mol. The van der Waals surface area contributed by atoms with Crippen molar-refractivity contribution in [1.29, 1.82) is 0 Å². The molecule has 3 nitrogen and oxygen atoms in total. The van der Waals surface area contributed by atoms with Gasteiger partial charge in [0.1, 0.15) is 17.0 Å². The maximum Gasteiger partial charge on any atom is 0.126 e. The van der Waals surface area contributed by atoms with Crippen LogP contribution in [0.5, 0.6) is 5.75 Å². The fourth-order valence-electron chi connectivity index (χ4n) is 2.57. The van der Waals surface area contributed by atoms with E-state index in [4.69, 9.17) is 10.5 Å². The van der Waals surface area contributed by atoms with Crippen LogP contribution in [0.4, 0.5) is 0 Å². The van der Waals surface area contributed by atoms with Crippen LogP contribution in [-0.2, 0) is 12.0 Å². The molecule has 0 bridgehead atoms. The third-order valence-corrected chi connectivity index (χ3v) is 3.40. The lowest BCUT2D eigenvalue weighted by Gasteiger charge is -2.42. The van der Waals surface area contributed by atoms with E-state index in [1.807, 2.05) is 32.0 Å². The average Bonchev–Trinajstić information content (AvgIpc) is 2.27. The van der Waals surface area contributed by atoms with Crippen LogP contribution in [0.3, 0.4) is 0 Å². The van der Waals surface area contributed by atoms with Gasteiger partial charge in [0.15, 0.2) is 0 Å². The summed E-state index contributed by atoms with van der Waals surface area (Å²) in [5.41, 5.74) is 6.43. The molecule has 1 heterocycles. The lowest BCUT2D eigenvalue weighted by atomic mass is 9.80. The van der Waals surface area contributed by atoms with Crippen molar-refractivity contribution < 1.29 is 9.84 Å². The first-order valence-electron chi connectivity index (χ1n) is 6.15. The summed E-state index contributed by atoms with van der Waals surface area (Å²) in [5.74, 6) is 0.756. The maximum atomic E-state index is 10.7. The molecular weight excluding hydrogens is 214 g/mol. The summed E-state index contributed by atoms with van der Waals surface area (Å²) in [6.07, 6.45) is 1.47. The molecule has 0 spiro atoms. The molecule has 17 heavy (non-hydrogen) atoms. The van der Waals surface area contributed by atoms with Gasteiger partial charge in [0.25, 0.3) is 0 Å². The van der Waals surface area contributed by atoms with Gasteiger partial charge in [-0.2, -0.15) is 0 Å². The van der Waals surface area contributed by atoms with E-state index < -0.39 is 5.60 Å². The van der Waals surface area contributed by atoms with Crippen LogP contribution >= 0.6 is 0 Å². The van der Waals surface area contributed by atoms with Crippen molar-refractivity contribution in [2.75, 3.05) is 6.54 Å². The molecule has 1 aromatic rings. The normalized spacial score (nSPS) is 26.2. The van der Waals surface area contributed by atoms with Gasteiger partial charge in [-0.05, 0) is 38.0 Å². The number of nitrogens with two attached hydrogens (primary N) is 1. The van der Waals surface area contributed by atoms with E-state index in [2.05, 4.69) is 6.92 Å². The molecule has 0 aromatic heterocycles. The van der Waals surface area contributed by atoms with E-state index in [1.54, 1.807) is 0 Å². The van der Waals surface area contributed by atoms with E-state index >= 15 is 0 Å². The standard InChI is InChI=1S/C14H21NO2/c1-4-10-5-6-12-11(7-10)14(16,9-15)8-13(2,3)17-12/h5-7,16H,4,8-9,15H2,1-3H3. The average molecular weight is 235 g/mol. The summed E-state index contributed by atoms with van der Waals surface area (Å²) in [4.78, 5) is 0. The van der Waals surface area contributed by atoms with Crippen LogP contribution in [-0.4, -0.2) is 17.3 Å². The Bertz CT molecular complexity index is 428. The van der Waals surface area contributed by atoms with Gasteiger partial charge in [-0.1, -0.05) is 13.0 Å². The highest BCUT2D eigenvalue weighted by molar-refractivity contribution is 5.44. The van der Waals surface area contributed by atoms with E-state index in [0.717, 1.165) is 17.7 Å². The molecule has 0 radical (unpaired) electrons. The summed E-state index contributed by atoms with van der Waals surface area (Å²) in [7, 11) is 0. The minimum atomic E-state index is -0.970. The summed E-state index contributed by atoms with van der Waals surface area (Å²) in [6.45, 7) is 6.27. The number of benzene rings is 1. The zero-order valence-electron chi connectivity index (χ0n) is 10.8. The van der Waals surface area contributed by atoms with E-state index in [1.165, 1.54) is 5.56 Å². The van der Waals surface area contributed by atoms with Crippen molar-refractivity contribution in [3.63, 3.8) is 0 Å². The fraction of sp³-hybridized carbons (Fsp3) is 0.571. The first kappa shape index (κ1) is 12.4.